The molecule has 3 N–H and O–H groups in total. The van der Waals surface area contributed by atoms with Gasteiger partial charge in [-0.25, -0.2) is 0 Å². The first kappa shape index (κ1) is 19.3. The zero-order valence-corrected chi connectivity index (χ0v) is 13.1. The van der Waals surface area contributed by atoms with Crippen molar-refractivity contribution in [2.24, 2.45) is 5.73 Å². The standard InChI is InChI=1S/C14H21N3O3.ClH/c1-3-14(4-2,10-15)16-13(18)9-11-5-7-12(8-6-11)17(19)20;/h5-8H,3-4,9-10,15H2,1-2H3,(H,16,18);1H. The van der Waals surface area contributed by atoms with E-state index in [2.05, 4.69) is 5.32 Å². The van der Waals surface area contributed by atoms with Gasteiger partial charge in [0.1, 0.15) is 0 Å². The molecule has 0 heterocycles. The number of nitro groups is 1. The topological polar surface area (TPSA) is 98.3 Å². The van der Waals surface area contributed by atoms with Crippen LogP contribution < -0.4 is 11.1 Å². The van der Waals surface area contributed by atoms with Gasteiger partial charge < -0.3 is 11.1 Å². The quantitative estimate of drug-likeness (QED) is 0.595. The largest absolute Gasteiger partial charge is 0.349 e. The number of halogens is 1. The molecule has 7 heteroatoms. The molecule has 0 aliphatic rings. The van der Waals surface area contributed by atoms with E-state index in [1.165, 1.54) is 12.1 Å². The van der Waals surface area contributed by atoms with Crippen LogP contribution in [0.4, 0.5) is 5.69 Å². The zero-order valence-electron chi connectivity index (χ0n) is 12.3. The van der Waals surface area contributed by atoms with E-state index in [0.717, 1.165) is 18.4 Å². The van der Waals surface area contributed by atoms with Crippen molar-refractivity contribution in [2.75, 3.05) is 6.54 Å². The molecule has 21 heavy (non-hydrogen) atoms. The molecule has 1 rings (SSSR count). The number of carbonyl (C=O) groups is 1. The predicted molar refractivity (Wildman–Crippen MR) is 84.6 cm³/mol. The fraction of sp³-hybridized carbons (Fsp3) is 0.500. The third-order valence-corrected chi connectivity index (χ3v) is 3.66. The van der Waals surface area contributed by atoms with Crippen LogP contribution in [0.25, 0.3) is 0 Å². The number of hydrogen-bond donors (Lipinski definition) is 2. The second kappa shape index (κ2) is 8.59. The fourth-order valence-electron chi connectivity index (χ4n) is 2.03. The Bertz CT molecular complexity index is 465. The maximum atomic E-state index is 12.0. The van der Waals surface area contributed by atoms with Crippen molar-refractivity contribution in [3.63, 3.8) is 0 Å². The van der Waals surface area contributed by atoms with Gasteiger partial charge in [0, 0.05) is 18.7 Å². The van der Waals surface area contributed by atoms with E-state index >= 15 is 0 Å². The van der Waals surface area contributed by atoms with E-state index in [0.29, 0.717) is 6.54 Å². The monoisotopic (exact) mass is 315 g/mol. The second-order valence-electron chi connectivity index (χ2n) is 4.84. The number of amides is 1. The molecule has 0 fully saturated rings. The number of nitrogens with zero attached hydrogens (tertiary/aromatic N) is 1. The lowest BCUT2D eigenvalue weighted by molar-refractivity contribution is -0.384. The average molecular weight is 316 g/mol. The number of rotatable bonds is 7. The van der Waals surface area contributed by atoms with E-state index < -0.39 is 4.92 Å². The number of nitrogens with two attached hydrogens (primary N) is 1. The molecule has 0 spiro atoms. The third-order valence-electron chi connectivity index (χ3n) is 3.66. The number of non-ortho nitro benzene ring substituents is 1. The van der Waals surface area contributed by atoms with Crippen molar-refractivity contribution in [2.45, 2.75) is 38.6 Å². The second-order valence-corrected chi connectivity index (χ2v) is 4.84. The number of nitro benzene ring substituents is 1. The van der Waals surface area contributed by atoms with Gasteiger partial charge in [-0.3, -0.25) is 14.9 Å². The lowest BCUT2D eigenvalue weighted by Crippen LogP contribution is -2.53. The lowest BCUT2D eigenvalue weighted by Gasteiger charge is -2.31. The van der Waals surface area contributed by atoms with Gasteiger partial charge in [0.25, 0.3) is 5.69 Å². The van der Waals surface area contributed by atoms with Crippen LogP contribution in [0.15, 0.2) is 24.3 Å². The summed E-state index contributed by atoms with van der Waals surface area (Å²) in [6.45, 7) is 4.37. The molecule has 6 nitrogen and oxygen atoms in total. The van der Waals surface area contributed by atoms with Gasteiger partial charge in [-0.15, -0.1) is 12.4 Å². The normalized spacial score (nSPS) is 10.6. The van der Waals surface area contributed by atoms with Crippen molar-refractivity contribution in [3.8, 4) is 0 Å². The maximum Gasteiger partial charge on any atom is 0.269 e. The molecule has 0 unspecified atom stereocenters. The Morgan fingerprint density at radius 1 is 1.29 bits per heavy atom. The summed E-state index contributed by atoms with van der Waals surface area (Å²) in [6.07, 6.45) is 1.73. The Balaban J connectivity index is 0.00000400. The van der Waals surface area contributed by atoms with E-state index in [4.69, 9.17) is 5.73 Å². The molecule has 0 atom stereocenters. The molecule has 0 saturated carbocycles. The smallest absolute Gasteiger partial charge is 0.269 e. The van der Waals surface area contributed by atoms with Gasteiger partial charge in [-0.1, -0.05) is 26.0 Å². The van der Waals surface area contributed by atoms with Gasteiger partial charge in [-0.2, -0.15) is 0 Å². The summed E-state index contributed by atoms with van der Waals surface area (Å²) in [5, 5.41) is 13.5. The average Bonchev–Trinajstić information content (AvgIpc) is 2.45. The van der Waals surface area contributed by atoms with Gasteiger partial charge >= 0.3 is 0 Å². The lowest BCUT2D eigenvalue weighted by atomic mass is 9.92. The number of benzene rings is 1. The molecule has 0 radical (unpaired) electrons. The Morgan fingerprint density at radius 2 is 1.81 bits per heavy atom. The van der Waals surface area contributed by atoms with Gasteiger partial charge in [0.05, 0.1) is 16.9 Å². The van der Waals surface area contributed by atoms with Gasteiger partial charge in [-0.05, 0) is 18.4 Å². The van der Waals surface area contributed by atoms with Crippen LogP contribution in [0, 0.1) is 10.1 Å². The number of hydrogen-bond acceptors (Lipinski definition) is 4. The highest BCUT2D eigenvalue weighted by atomic mass is 35.5. The minimum Gasteiger partial charge on any atom is -0.349 e. The zero-order chi connectivity index (χ0) is 15.2. The van der Waals surface area contributed by atoms with Crippen LogP contribution >= 0.6 is 12.4 Å². The molecular formula is C14H22ClN3O3. The highest BCUT2D eigenvalue weighted by molar-refractivity contribution is 5.85. The van der Waals surface area contributed by atoms with E-state index in [1.54, 1.807) is 12.1 Å². The van der Waals surface area contributed by atoms with Crippen LogP contribution in [0.2, 0.25) is 0 Å². The molecule has 0 bridgehead atoms. The summed E-state index contributed by atoms with van der Waals surface area (Å²) in [7, 11) is 0. The summed E-state index contributed by atoms with van der Waals surface area (Å²) in [5.41, 5.74) is 6.13. The molecule has 0 aromatic heterocycles. The minimum atomic E-state index is -0.461. The first-order chi connectivity index (χ1) is 9.46. The summed E-state index contributed by atoms with van der Waals surface area (Å²) in [4.78, 5) is 22.1. The molecule has 0 saturated heterocycles. The first-order valence-electron chi connectivity index (χ1n) is 6.70. The molecule has 1 aromatic carbocycles. The van der Waals surface area contributed by atoms with Crippen LogP contribution in [0.5, 0.6) is 0 Å². The van der Waals surface area contributed by atoms with Crippen LogP contribution in [-0.2, 0) is 11.2 Å². The van der Waals surface area contributed by atoms with Crippen LogP contribution in [0.3, 0.4) is 0 Å². The summed E-state index contributed by atoms with van der Waals surface area (Å²) in [5.74, 6) is -0.118. The maximum absolute atomic E-state index is 12.0. The Kier molecular flexibility index (Phi) is 7.91. The van der Waals surface area contributed by atoms with Crippen molar-refractivity contribution in [3.05, 3.63) is 39.9 Å². The Morgan fingerprint density at radius 3 is 2.19 bits per heavy atom. The van der Waals surface area contributed by atoms with E-state index in [1.807, 2.05) is 13.8 Å². The van der Waals surface area contributed by atoms with Crippen LogP contribution in [-0.4, -0.2) is 22.9 Å². The first-order valence-corrected chi connectivity index (χ1v) is 6.70. The fourth-order valence-corrected chi connectivity index (χ4v) is 2.03. The molecule has 1 aromatic rings. The van der Waals surface area contributed by atoms with E-state index in [9.17, 15) is 14.9 Å². The number of carbonyl (C=O) groups excluding carboxylic acids is 1. The molecule has 118 valence electrons. The van der Waals surface area contributed by atoms with Crippen molar-refractivity contribution in [1.29, 1.82) is 0 Å². The Hall–Kier alpha value is -1.66. The molecule has 0 aliphatic carbocycles. The summed E-state index contributed by atoms with van der Waals surface area (Å²) in [6, 6.07) is 6.00. The van der Waals surface area contributed by atoms with Gasteiger partial charge in [0.15, 0.2) is 0 Å². The minimum absolute atomic E-state index is 0. The van der Waals surface area contributed by atoms with E-state index in [-0.39, 0.29) is 36.0 Å². The van der Waals surface area contributed by atoms with Crippen molar-refractivity contribution in [1.82, 2.24) is 5.32 Å². The summed E-state index contributed by atoms with van der Waals surface area (Å²) >= 11 is 0. The van der Waals surface area contributed by atoms with Gasteiger partial charge in [0.2, 0.25) is 5.91 Å². The highest BCUT2D eigenvalue weighted by Gasteiger charge is 2.26. The predicted octanol–water partition coefficient (Wildman–Crippen LogP) is 2.19. The molecular weight excluding hydrogens is 294 g/mol. The Labute approximate surface area is 130 Å². The SMILES string of the molecule is CCC(CC)(CN)NC(=O)Cc1ccc([N+](=O)[O-])cc1.Cl. The highest BCUT2D eigenvalue weighted by Crippen LogP contribution is 2.15. The van der Waals surface area contributed by atoms with Crippen LogP contribution in [0.1, 0.15) is 32.3 Å². The third kappa shape index (κ3) is 5.32. The molecule has 1 amide bonds. The molecule has 0 aliphatic heterocycles. The number of nitrogens with one attached hydrogen (secondary N) is 1. The van der Waals surface area contributed by atoms with Crippen molar-refractivity contribution >= 4 is 24.0 Å². The van der Waals surface area contributed by atoms with Crippen molar-refractivity contribution < 1.29 is 9.72 Å². The summed E-state index contributed by atoms with van der Waals surface area (Å²) < 4.78 is 0.